The second-order valence-corrected chi connectivity index (χ2v) is 9.22. The highest BCUT2D eigenvalue weighted by molar-refractivity contribution is 14.1. The third kappa shape index (κ3) is 5.37. The van der Waals surface area contributed by atoms with Gasteiger partial charge in [-0.05, 0) is 78.3 Å². The summed E-state index contributed by atoms with van der Waals surface area (Å²) in [5.41, 5.74) is 1.47. The zero-order valence-corrected chi connectivity index (χ0v) is 19.9. The first-order valence-electron chi connectivity index (χ1n) is 10.6. The Morgan fingerprint density at radius 1 is 1.16 bits per heavy atom. The summed E-state index contributed by atoms with van der Waals surface area (Å²) < 4.78 is 32.4. The first-order valence-corrected chi connectivity index (χ1v) is 11.7. The van der Waals surface area contributed by atoms with Gasteiger partial charge in [-0.2, -0.15) is 8.78 Å². The number of carbonyl (C=O) groups is 1. The molecule has 2 aliphatic heterocycles. The Morgan fingerprint density at radius 3 is 2.66 bits per heavy atom. The number of hydrogen-bond acceptors (Lipinski definition) is 5. The lowest BCUT2D eigenvalue weighted by Gasteiger charge is -2.32. The monoisotopic (exact) mass is 554 g/mol. The van der Waals surface area contributed by atoms with Crippen LogP contribution in [0.4, 0.5) is 26.1 Å². The van der Waals surface area contributed by atoms with Gasteiger partial charge in [-0.15, -0.1) is 0 Å². The lowest BCUT2D eigenvalue weighted by Crippen LogP contribution is -2.41. The predicted molar refractivity (Wildman–Crippen MR) is 130 cm³/mol. The summed E-state index contributed by atoms with van der Waals surface area (Å²) in [5, 5.41) is 2.91. The number of nitrogens with zero attached hydrogens (tertiary/aromatic N) is 3. The van der Waals surface area contributed by atoms with Crippen molar-refractivity contribution in [1.82, 2.24) is 4.98 Å². The summed E-state index contributed by atoms with van der Waals surface area (Å²) in [6.45, 7) is 5.07. The molecular weight excluding hydrogens is 529 g/mol. The fourth-order valence-corrected chi connectivity index (χ4v) is 4.52. The van der Waals surface area contributed by atoms with E-state index in [9.17, 15) is 13.6 Å². The number of hydrogen-bond donors (Lipinski definition) is 1. The molecule has 1 N–H and O–H groups in total. The van der Waals surface area contributed by atoms with E-state index in [1.807, 2.05) is 36.1 Å². The molecule has 170 valence electrons. The third-order valence-corrected chi connectivity index (χ3v) is 6.39. The van der Waals surface area contributed by atoms with Crippen LogP contribution in [-0.4, -0.2) is 49.8 Å². The van der Waals surface area contributed by atoms with Crippen molar-refractivity contribution in [2.24, 2.45) is 0 Å². The molecule has 0 unspecified atom stereocenters. The quantitative estimate of drug-likeness (QED) is 0.545. The van der Waals surface area contributed by atoms with Crippen LogP contribution in [0, 0.1) is 3.57 Å². The Morgan fingerprint density at radius 2 is 1.94 bits per heavy atom. The molecule has 2 aromatic rings. The van der Waals surface area contributed by atoms with E-state index in [1.54, 1.807) is 12.1 Å². The number of pyridine rings is 1. The van der Waals surface area contributed by atoms with Crippen LogP contribution in [-0.2, 0) is 4.74 Å². The standard InChI is InChI=1S/C23H25F2IN4O2/c1-15-14-30(11-12-32-15)21-4-2-3-20(27-21)28-23(31)18-6-5-17(26)13-19(18)29-9-7-16(8-10-29)22(24)25/h2-6,13,15H,7-12,14H2,1H3,(H,27,28,31)/t15-/m1/s1. The zero-order valence-electron chi connectivity index (χ0n) is 17.8. The molecule has 1 aromatic heterocycles. The van der Waals surface area contributed by atoms with Gasteiger partial charge in [-0.1, -0.05) is 6.07 Å². The molecule has 1 amide bonds. The third-order valence-electron chi connectivity index (χ3n) is 5.72. The minimum atomic E-state index is -1.58. The van der Waals surface area contributed by atoms with Gasteiger partial charge in [-0.3, -0.25) is 4.79 Å². The van der Waals surface area contributed by atoms with Gasteiger partial charge >= 0.3 is 0 Å². The number of halogens is 3. The van der Waals surface area contributed by atoms with Crippen LogP contribution >= 0.6 is 22.6 Å². The fraction of sp³-hybridized carbons (Fsp3) is 0.391. The predicted octanol–water partition coefficient (Wildman–Crippen LogP) is 4.91. The van der Waals surface area contributed by atoms with Crippen LogP contribution in [0.15, 0.2) is 48.1 Å². The summed E-state index contributed by atoms with van der Waals surface area (Å²) in [7, 11) is 0. The van der Waals surface area contributed by atoms with Gasteiger partial charge in [0.1, 0.15) is 11.6 Å². The summed E-state index contributed by atoms with van der Waals surface area (Å²) in [6, 6.07) is 11.1. The Hall–Kier alpha value is -2.27. The average Bonchev–Trinajstić information content (AvgIpc) is 2.79. The van der Waals surface area contributed by atoms with Gasteiger partial charge in [0.25, 0.3) is 12.0 Å². The van der Waals surface area contributed by atoms with Gasteiger partial charge in [0.15, 0.2) is 0 Å². The molecule has 1 aromatic carbocycles. The Bertz CT molecular complexity index is 1020. The number of rotatable bonds is 4. The second-order valence-electron chi connectivity index (χ2n) is 7.98. The van der Waals surface area contributed by atoms with Crippen molar-refractivity contribution in [1.29, 1.82) is 0 Å². The molecule has 1 atom stereocenters. The lowest BCUT2D eigenvalue weighted by atomic mass is 10.0. The van der Waals surface area contributed by atoms with Crippen LogP contribution in [0.25, 0.3) is 0 Å². The highest BCUT2D eigenvalue weighted by Crippen LogP contribution is 2.30. The van der Waals surface area contributed by atoms with E-state index >= 15 is 0 Å². The number of aromatic nitrogens is 1. The average molecular weight is 554 g/mol. The topological polar surface area (TPSA) is 57.7 Å². The van der Waals surface area contributed by atoms with Crippen LogP contribution in [0.1, 0.15) is 30.1 Å². The maximum atomic E-state index is 13.2. The van der Waals surface area contributed by atoms with Crippen molar-refractivity contribution in [2.45, 2.75) is 25.9 Å². The SMILES string of the molecule is C[C@@H]1CN(c2cccc(NC(=O)c3ccc(I)cc3N3CCC(=C(F)F)CC3)n2)CCO1. The van der Waals surface area contributed by atoms with E-state index < -0.39 is 6.08 Å². The summed E-state index contributed by atoms with van der Waals surface area (Å²) in [5.74, 6) is 0.998. The molecule has 0 bridgehead atoms. The molecule has 0 aliphatic carbocycles. The zero-order chi connectivity index (χ0) is 22.7. The van der Waals surface area contributed by atoms with Gasteiger partial charge in [0, 0.05) is 29.7 Å². The van der Waals surface area contributed by atoms with E-state index in [-0.39, 0.29) is 17.6 Å². The van der Waals surface area contributed by atoms with Crippen molar-refractivity contribution in [3.8, 4) is 0 Å². The number of nitrogens with one attached hydrogen (secondary N) is 1. The summed E-state index contributed by atoms with van der Waals surface area (Å²) >= 11 is 2.19. The maximum absolute atomic E-state index is 13.2. The first-order chi connectivity index (χ1) is 15.4. The number of piperidine rings is 1. The lowest BCUT2D eigenvalue weighted by molar-refractivity contribution is 0.0529. The fourth-order valence-electron chi connectivity index (χ4n) is 4.04. The highest BCUT2D eigenvalue weighted by atomic mass is 127. The minimum absolute atomic E-state index is 0.129. The smallest absolute Gasteiger partial charge is 0.269 e. The van der Waals surface area contributed by atoms with Gasteiger partial charge in [0.2, 0.25) is 0 Å². The van der Waals surface area contributed by atoms with E-state index in [2.05, 4.69) is 37.8 Å². The van der Waals surface area contributed by atoms with Crippen molar-refractivity contribution >= 4 is 45.8 Å². The molecule has 2 saturated heterocycles. The normalized spacial score (nSPS) is 19.1. The van der Waals surface area contributed by atoms with Crippen molar-refractivity contribution in [3.63, 3.8) is 0 Å². The molecule has 4 rings (SSSR count). The number of morpholine rings is 1. The van der Waals surface area contributed by atoms with Crippen molar-refractivity contribution in [3.05, 3.63) is 57.2 Å². The van der Waals surface area contributed by atoms with Crippen LogP contribution < -0.4 is 15.1 Å². The van der Waals surface area contributed by atoms with Crippen molar-refractivity contribution < 1.29 is 18.3 Å². The summed E-state index contributed by atoms with van der Waals surface area (Å²) in [6.07, 6.45) is -0.845. The Kier molecular flexibility index (Phi) is 7.24. The molecule has 2 aliphatic rings. The van der Waals surface area contributed by atoms with Crippen molar-refractivity contribution in [2.75, 3.05) is 47.9 Å². The molecule has 9 heteroatoms. The first kappa shape index (κ1) is 22.9. The van der Waals surface area contributed by atoms with E-state index in [1.165, 1.54) is 0 Å². The number of ether oxygens (including phenoxy) is 1. The van der Waals surface area contributed by atoms with Crippen LogP contribution in [0.3, 0.4) is 0 Å². The molecule has 0 radical (unpaired) electrons. The molecule has 32 heavy (non-hydrogen) atoms. The largest absolute Gasteiger partial charge is 0.375 e. The van der Waals surface area contributed by atoms with Gasteiger partial charge in [-0.25, -0.2) is 4.98 Å². The molecule has 6 nitrogen and oxygen atoms in total. The second kappa shape index (κ2) is 10.1. The van der Waals surface area contributed by atoms with E-state index in [0.717, 1.165) is 28.2 Å². The summed E-state index contributed by atoms with van der Waals surface area (Å²) in [4.78, 5) is 21.9. The number of anilines is 3. The molecule has 0 saturated carbocycles. The van der Waals surface area contributed by atoms with E-state index in [4.69, 9.17) is 4.74 Å². The molecular formula is C23H25F2IN4O2. The molecule has 0 spiro atoms. The number of carbonyl (C=O) groups excluding carboxylic acids is 1. The number of amides is 1. The maximum Gasteiger partial charge on any atom is 0.269 e. The molecule has 3 heterocycles. The highest BCUT2D eigenvalue weighted by Gasteiger charge is 2.23. The van der Waals surface area contributed by atoms with Gasteiger partial charge < -0.3 is 19.9 Å². The number of benzene rings is 1. The van der Waals surface area contributed by atoms with E-state index in [0.29, 0.717) is 43.9 Å². The minimum Gasteiger partial charge on any atom is -0.375 e. The van der Waals surface area contributed by atoms with Crippen LogP contribution in [0.5, 0.6) is 0 Å². The van der Waals surface area contributed by atoms with Crippen LogP contribution in [0.2, 0.25) is 0 Å². The Balaban J connectivity index is 1.52. The van der Waals surface area contributed by atoms with Gasteiger partial charge in [0.05, 0.1) is 24.0 Å². The Labute approximate surface area is 199 Å². The molecule has 2 fully saturated rings.